The Labute approximate surface area is 99.7 Å². The van der Waals surface area contributed by atoms with Crippen LogP contribution in [0.5, 0.6) is 0 Å². The lowest BCUT2D eigenvalue weighted by molar-refractivity contribution is 0.177. The molecule has 2 atom stereocenters. The average molecular weight is 232 g/mol. The van der Waals surface area contributed by atoms with Crippen LogP contribution >= 0.6 is 0 Å². The Morgan fingerprint density at radius 3 is 3.00 bits per heavy atom. The van der Waals surface area contributed by atoms with Crippen molar-refractivity contribution < 1.29 is 9.15 Å². The quantitative estimate of drug-likeness (QED) is 0.627. The second kappa shape index (κ2) is 4.49. The number of para-hydroxylation sites is 1. The summed E-state index contributed by atoms with van der Waals surface area (Å²) in [7, 11) is 0. The molecule has 0 saturated carbocycles. The molecule has 1 aromatic heterocycles. The van der Waals surface area contributed by atoms with Crippen molar-refractivity contribution in [3.8, 4) is 0 Å². The zero-order valence-corrected chi connectivity index (χ0v) is 9.56. The van der Waals surface area contributed by atoms with Gasteiger partial charge in [-0.2, -0.15) is 0 Å². The first-order valence-electron chi connectivity index (χ1n) is 5.90. The van der Waals surface area contributed by atoms with Crippen molar-refractivity contribution in [1.29, 1.82) is 0 Å². The van der Waals surface area contributed by atoms with E-state index in [2.05, 4.69) is 11.5 Å². The summed E-state index contributed by atoms with van der Waals surface area (Å²) in [4.78, 5) is 0. The molecule has 2 unspecified atom stereocenters. The highest BCUT2D eigenvalue weighted by Gasteiger charge is 2.28. The van der Waals surface area contributed by atoms with Gasteiger partial charge in [0.1, 0.15) is 5.58 Å². The molecule has 0 bridgehead atoms. The second-order valence-electron chi connectivity index (χ2n) is 4.46. The van der Waals surface area contributed by atoms with Crippen molar-refractivity contribution in [2.75, 3.05) is 13.2 Å². The minimum Gasteiger partial charge on any atom is -0.464 e. The van der Waals surface area contributed by atoms with E-state index in [1.165, 1.54) is 0 Å². The van der Waals surface area contributed by atoms with Gasteiger partial charge in [-0.3, -0.25) is 11.3 Å². The van der Waals surface area contributed by atoms with Crippen LogP contribution in [0, 0.1) is 5.92 Å². The normalized spacial score (nSPS) is 22.1. The molecule has 1 fully saturated rings. The molecule has 2 heterocycles. The van der Waals surface area contributed by atoms with Gasteiger partial charge in [-0.05, 0) is 12.5 Å². The van der Waals surface area contributed by atoms with E-state index in [1.54, 1.807) is 6.26 Å². The maximum atomic E-state index is 5.69. The number of benzene rings is 1. The zero-order chi connectivity index (χ0) is 11.7. The third-order valence-corrected chi connectivity index (χ3v) is 3.46. The fraction of sp³-hybridized carbons (Fsp3) is 0.385. The van der Waals surface area contributed by atoms with Gasteiger partial charge in [0.15, 0.2) is 0 Å². The minimum absolute atomic E-state index is 0.0983. The van der Waals surface area contributed by atoms with E-state index in [0.717, 1.165) is 36.2 Å². The molecule has 3 N–H and O–H groups in total. The predicted octanol–water partition coefficient (Wildman–Crippen LogP) is 1.97. The van der Waals surface area contributed by atoms with Crippen molar-refractivity contribution in [3.63, 3.8) is 0 Å². The number of furan rings is 1. The summed E-state index contributed by atoms with van der Waals surface area (Å²) in [5.74, 6) is 6.11. The number of fused-ring (bicyclic) bond motifs is 1. The van der Waals surface area contributed by atoms with Crippen LogP contribution in [-0.4, -0.2) is 13.2 Å². The molecule has 1 aliphatic rings. The molecular formula is C13H16N2O2. The Bertz CT molecular complexity index is 503. The molecule has 2 aromatic rings. The highest BCUT2D eigenvalue weighted by molar-refractivity contribution is 5.81. The monoisotopic (exact) mass is 232 g/mol. The molecule has 0 amide bonds. The van der Waals surface area contributed by atoms with Crippen molar-refractivity contribution in [2.24, 2.45) is 11.8 Å². The molecule has 0 aliphatic carbocycles. The van der Waals surface area contributed by atoms with Crippen LogP contribution in [0.2, 0.25) is 0 Å². The van der Waals surface area contributed by atoms with Crippen LogP contribution in [0.1, 0.15) is 18.0 Å². The third-order valence-electron chi connectivity index (χ3n) is 3.46. The van der Waals surface area contributed by atoms with Crippen LogP contribution < -0.4 is 11.3 Å². The first-order chi connectivity index (χ1) is 8.40. The van der Waals surface area contributed by atoms with Gasteiger partial charge >= 0.3 is 0 Å². The molecule has 1 aliphatic heterocycles. The van der Waals surface area contributed by atoms with Crippen molar-refractivity contribution >= 4 is 11.0 Å². The molecule has 4 heteroatoms. The summed E-state index contributed by atoms with van der Waals surface area (Å²) in [5.41, 5.74) is 4.93. The van der Waals surface area contributed by atoms with Crippen LogP contribution in [-0.2, 0) is 4.74 Å². The standard InChI is InChI=1S/C13H16N2O2/c14-15-13(9-5-6-16-7-9)11-8-17-12-4-2-1-3-10(11)12/h1-4,8-9,13,15H,5-7,14H2. The Hall–Kier alpha value is -1.36. The lowest BCUT2D eigenvalue weighted by Crippen LogP contribution is -2.33. The highest BCUT2D eigenvalue weighted by atomic mass is 16.5. The van der Waals surface area contributed by atoms with E-state index in [4.69, 9.17) is 15.0 Å². The Morgan fingerprint density at radius 2 is 2.24 bits per heavy atom. The van der Waals surface area contributed by atoms with Gasteiger partial charge in [0, 0.05) is 23.5 Å². The summed E-state index contributed by atoms with van der Waals surface area (Å²) in [6, 6.07) is 8.12. The van der Waals surface area contributed by atoms with E-state index >= 15 is 0 Å². The largest absolute Gasteiger partial charge is 0.464 e. The van der Waals surface area contributed by atoms with Crippen LogP contribution in [0.4, 0.5) is 0 Å². The van der Waals surface area contributed by atoms with Crippen molar-refractivity contribution in [2.45, 2.75) is 12.5 Å². The predicted molar refractivity (Wildman–Crippen MR) is 65.2 cm³/mol. The van der Waals surface area contributed by atoms with E-state index in [9.17, 15) is 0 Å². The molecule has 0 radical (unpaired) electrons. The lowest BCUT2D eigenvalue weighted by atomic mass is 9.93. The van der Waals surface area contributed by atoms with E-state index in [1.807, 2.05) is 18.2 Å². The zero-order valence-electron chi connectivity index (χ0n) is 9.56. The maximum absolute atomic E-state index is 5.69. The summed E-state index contributed by atoms with van der Waals surface area (Å²) in [6.45, 7) is 1.58. The first kappa shape index (κ1) is 10.8. The molecule has 4 nitrogen and oxygen atoms in total. The smallest absolute Gasteiger partial charge is 0.134 e. The topological polar surface area (TPSA) is 60.4 Å². The third kappa shape index (κ3) is 1.84. The average Bonchev–Trinajstić information content (AvgIpc) is 3.01. The lowest BCUT2D eigenvalue weighted by Gasteiger charge is -2.20. The summed E-state index contributed by atoms with van der Waals surface area (Å²) >= 11 is 0. The minimum atomic E-state index is 0.0983. The molecule has 0 spiro atoms. The molecule has 3 rings (SSSR count). The number of hydrogen-bond acceptors (Lipinski definition) is 4. The number of hydrazine groups is 1. The Kier molecular flexibility index (Phi) is 2.84. The van der Waals surface area contributed by atoms with Gasteiger partial charge < -0.3 is 9.15 Å². The van der Waals surface area contributed by atoms with Crippen LogP contribution in [0.25, 0.3) is 11.0 Å². The molecule has 90 valence electrons. The van der Waals surface area contributed by atoms with Crippen molar-refractivity contribution in [1.82, 2.24) is 5.43 Å². The number of nitrogens with two attached hydrogens (primary N) is 1. The number of rotatable bonds is 3. The van der Waals surface area contributed by atoms with Gasteiger partial charge in [0.05, 0.1) is 18.9 Å². The number of hydrogen-bond donors (Lipinski definition) is 2. The van der Waals surface area contributed by atoms with E-state index in [-0.39, 0.29) is 6.04 Å². The van der Waals surface area contributed by atoms with Gasteiger partial charge in [-0.1, -0.05) is 18.2 Å². The SMILES string of the molecule is NNC(c1coc2ccccc12)C1CCOC1. The van der Waals surface area contributed by atoms with Crippen molar-refractivity contribution in [3.05, 3.63) is 36.1 Å². The molecular weight excluding hydrogens is 216 g/mol. The number of nitrogens with one attached hydrogen (secondary N) is 1. The summed E-state index contributed by atoms with van der Waals surface area (Å²) < 4.78 is 11.0. The maximum Gasteiger partial charge on any atom is 0.134 e. The van der Waals surface area contributed by atoms with Crippen LogP contribution in [0.15, 0.2) is 34.9 Å². The Morgan fingerprint density at radius 1 is 1.35 bits per heavy atom. The molecule has 17 heavy (non-hydrogen) atoms. The van der Waals surface area contributed by atoms with Gasteiger partial charge in [0.25, 0.3) is 0 Å². The van der Waals surface area contributed by atoms with E-state index in [0.29, 0.717) is 5.92 Å². The molecule has 1 saturated heterocycles. The first-order valence-corrected chi connectivity index (χ1v) is 5.90. The number of ether oxygens (including phenoxy) is 1. The summed E-state index contributed by atoms with van der Waals surface area (Å²) in [6.07, 6.45) is 2.84. The summed E-state index contributed by atoms with van der Waals surface area (Å²) in [5, 5.41) is 1.13. The Balaban J connectivity index is 2.00. The molecule has 1 aromatic carbocycles. The fourth-order valence-electron chi connectivity index (χ4n) is 2.53. The van der Waals surface area contributed by atoms with Crippen LogP contribution in [0.3, 0.4) is 0 Å². The van der Waals surface area contributed by atoms with E-state index < -0.39 is 0 Å². The van der Waals surface area contributed by atoms with Gasteiger partial charge in [-0.15, -0.1) is 0 Å². The van der Waals surface area contributed by atoms with Gasteiger partial charge in [0.2, 0.25) is 0 Å². The highest BCUT2D eigenvalue weighted by Crippen LogP contribution is 2.33. The fourth-order valence-corrected chi connectivity index (χ4v) is 2.53. The van der Waals surface area contributed by atoms with Gasteiger partial charge in [-0.25, -0.2) is 0 Å². The second-order valence-corrected chi connectivity index (χ2v) is 4.46.